The average Bonchev–Trinajstić information content (AvgIpc) is 2.87. The SMILES string of the molecule is O=C(Nc1cccc(F)c1)Nc1nc2ccc([N+](=O)[O-])cc2s1. The van der Waals surface area contributed by atoms with E-state index in [4.69, 9.17) is 0 Å². The molecule has 2 aromatic carbocycles. The molecule has 23 heavy (non-hydrogen) atoms. The number of benzene rings is 2. The van der Waals surface area contributed by atoms with Crippen LogP contribution in [0.4, 0.5) is 25.7 Å². The Morgan fingerprint density at radius 2 is 2.04 bits per heavy atom. The zero-order valence-corrected chi connectivity index (χ0v) is 12.3. The van der Waals surface area contributed by atoms with Crippen molar-refractivity contribution in [3.05, 3.63) is 58.4 Å². The number of fused-ring (bicyclic) bond motifs is 1. The molecule has 0 atom stereocenters. The van der Waals surface area contributed by atoms with Crippen LogP contribution in [0.25, 0.3) is 10.2 Å². The molecular formula is C14H9FN4O3S. The maximum absolute atomic E-state index is 13.1. The first-order valence-corrected chi connectivity index (χ1v) is 7.21. The number of amides is 2. The lowest BCUT2D eigenvalue weighted by molar-refractivity contribution is -0.384. The minimum Gasteiger partial charge on any atom is -0.308 e. The molecule has 0 aliphatic rings. The molecule has 2 amide bonds. The third-order valence-corrected chi connectivity index (χ3v) is 3.82. The van der Waals surface area contributed by atoms with Crippen LogP contribution in [0.2, 0.25) is 0 Å². The van der Waals surface area contributed by atoms with Gasteiger partial charge in [-0.25, -0.2) is 14.2 Å². The van der Waals surface area contributed by atoms with Gasteiger partial charge in [-0.15, -0.1) is 0 Å². The summed E-state index contributed by atoms with van der Waals surface area (Å²) >= 11 is 1.11. The van der Waals surface area contributed by atoms with Crippen molar-refractivity contribution in [3.8, 4) is 0 Å². The van der Waals surface area contributed by atoms with E-state index in [-0.39, 0.29) is 10.8 Å². The van der Waals surface area contributed by atoms with Crippen LogP contribution in [0.5, 0.6) is 0 Å². The summed E-state index contributed by atoms with van der Waals surface area (Å²) in [5.41, 5.74) is 0.804. The summed E-state index contributed by atoms with van der Waals surface area (Å²) in [5.74, 6) is -0.463. The fourth-order valence-electron chi connectivity index (χ4n) is 1.91. The van der Waals surface area contributed by atoms with Crippen molar-refractivity contribution in [3.63, 3.8) is 0 Å². The van der Waals surface area contributed by atoms with Gasteiger partial charge in [0.05, 0.1) is 15.1 Å². The second-order valence-electron chi connectivity index (χ2n) is 4.52. The van der Waals surface area contributed by atoms with Crippen molar-refractivity contribution >= 4 is 44.1 Å². The third kappa shape index (κ3) is 3.40. The first-order valence-electron chi connectivity index (χ1n) is 6.40. The van der Waals surface area contributed by atoms with Crippen molar-refractivity contribution in [2.24, 2.45) is 0 Å². The van der Waals surface area contributed by atoms with Gasteiger partial charge in [0.1, 0.15) is 5.82 Å². The van der Waals surface area contributed by atoms with Crippen molar-refractivity contribution in [1.29, 1.82) is 0 Å². The number of carbonyl (C=O) groups is 1. The average molecular weight is 332 g/mol. The Kier molecular flexibility index (Phi) is 3.85. The molecule has 2 N–H and O–H groups in total. The van der Waals surface area contributed by atoms with Gasteiger partial charge in [-0.3, -0.25) is 15.4 Å². The normalized spacial score (nSPS) is 10.5. The molecule has 7 nitrogen and oxygen atoms in total. The van der Waals surface area contributed by atoms with Gasteiger partial charge in [-0.05, 0) is 24.3 Å². The molecule has 0 saturated carbocycles. The summed E-state index contributed by atoms with van der Waals surface area (Å²) in [7, 11) is 0. The van der Waals surface area contributed by atoms with Gasteiger partial charge >= 0.3 is 6.03 Å². The molecule has 9 heteroatoms. The van der Waals surface area contributed by atoms with Crippen molar-refractivity contribution in [2.75, 3.05) is 10.6 Å². The highest BCUT2D eigenvalue weighted by Crippen LogP contribution is 2.29. The number of nitro groups is 1. The van der Waals surface area contributed by atoms with Crippen molar-refractivity contribution in [2.45, 2.75) is 0 Å². The number of hydrogen-bond donors (Lipinski definition) is 2. The highest BCUT2D eigenvalue weighted by atomic mass is 32.1. The van der Waals surface area contributed by atoms with Gasteiger partial charge in [-0.1, -0.05) is 17.4 Å². The van der Waals surface area contributed by atoms with Gasteiger partial charge in [-0.2, -0.15) is 0 Å². The minimum absolute atomic E-state index is 0.0445. The molecule has 116 valence electrons. The van der Waals surface area contributed by atoms with E-state index >= 15 is 0 Å². The number of aromatic nitrogens is 1. The molecular weight excluding hydrogens is 323 g/mol. The van der Waals surface area contributed by atoms with Crippen LogP contribution in [0.1, 0.15) is 0 Å². The molecule has 3 aromatic rings. The van der Waals surface area contributed by atoms with Gasteiger partial charge in [0, 0.05) is 17.8 Å². The van der Waals surface area contributed by atoms with Crippen molar-refractivity contribution in [1.82, 2.24) is 4.98 Å². The Labute approximate surface area is 132 Å². The maximum Gasteiger partial charge on any atom is 0.325 e. The number of rotatable bonds is 3. The summed E-state index contributed by atoms with van der Waals surface area (Å²) in [6, 6.07) is 9.14. The van der Waals surface area contributed by atoms with Crippen LogP contribution >= 0.6 is 11.3 Å². The van der Waals surface area contributed by atoms with E-state index in [0.717, 1.165) is 11.3 Å². The lowest BCUT2D eigenvalue weighted by Gasteiger charge is -2.04. The predicted molar refractivity (Wildman–Crippen MR) is 85.3 cm³/mol. The van der Waals surface area contributed by atoms with E-state index in [1.807, 2.05) is 0 Å². The fourth-order valence-corrected chi connectivity index (χ4v) is 2.80. The maximum atomic E-state index is 13.1. The third-order valence-electron chi connectivity index (χ3n) is 2.89. The molecule has 3 rings (SSSR count). The fraction of sp³-hybridized carbons (Fsp3) is 0. The lowest BCUT2D eigenvalue weighted by atomic mass is 10.3. The van der Waals surface area contributed by atoms with E-state index in [9.17, 15) is 19.3 Å². The van der Waals surface area contributed by atoms with Crippen molar-refractivity contribution < 1.29 is 14.1 Å². The number of nitro benzene ring substituents is 1. The molecule has 1 heterocycles. The first kappa shape index (κ1) is 14.9. The molecule has 0 radical (unpaired) electrons. The van der Waals surface area contributed by atoms with E-state index in [1.54, 1.807) is 6.07 Å². The number of hydrogen-bond acceptors (Lipinski definition) is 5. The summed E-state index contributed by atoms with van der Waals surface area (Å²) in [6.45, 7) is 0. The monoisotopic (exact) mass is 332 g/mol. The van der Waals surface area contributed by atoms with Gasteiger partial charge in [0.2, 0.25) is 0 Å². The zero-order chi connectivity index (χ0) is 16.4. The Hall–Kier alpha value is -3.07. The quantitative estimate of drug-likeness (QED) is 0.560. The second kappa shape index (κ2) is 5.97. The molecule has 1 aromatic heterocycles. The van der Waals surface area contributed by atoms with Crippen LogP contribution < -0.4 is 10.6 Å². The number of carbonyl (C=O) groups excluding carboxylic acids is 1. The predicted octanol–water partition coefficient (Wildman–Crippen LogP) is 3.99. The topological polar surface area (TPSA) is 97.2 Å². The van der Waals surface area contributed by atoms with Crippen LogP contribution in [-0.4, -0.2) is 15.9 Å². The molecule has 0 fully saturated rings. The highest BCUT2D eigenvalue weighted by Gasteiger charge is 2.12. The zero-order valence-electron chi connectivity index (χ0n) is 11.4. The number of anilines is 2. The van der Waals surface area contributed by atoms with E-state index in [1.165, 1.54) is 36.4 Å². The van der Waals surface area contributed by atoms with Crippen LogP contribution in [0.3, 0.4) is 0 Å². The van der Waals surface area contributed by atoms with Gasteiger partial charge < -0.3 is 5.32 Å². The molecule has 0 saturated heterocycles. The summed E-state index contributed by atoms with van der Waals surface area (Å²) in [6.07, 6.45) is 0. The molecule has 0 unspecified atom stereocenters. The first-order chi connectivity index (χ1) is 11.0. The number of urea groups is 1. The van der Waals surface area contributed by atoms with Crippen LogP contribution in [0.15, 0.2) is 42.5 Å². The number of non-ortho nitro benzene ring substituents is 1. The molecule has 0 aliphatic heterocycles. The summed E-state index contributed by atoms with van der Waals surface area (Å²) in [5, 5.41) is 16.0. The van der Waals surface area contributed by atoms with Crippen LogP contribution in [0, 0.1) is 15.9 Å². The Morgan fingerprint density at radius 1 is 1.22 bits per heavy atom. The molecule has 0 bridgehead atoms. The second-order valence-corrected chi connectivity index (χ2v) is 5.55. The highest BCUT2D eigenvalue weighted by molar-refractivity contribution is 7.22. The number of nitrogens with one attached hydrogen (secondary N) is 2. The van der Waals surface area contributed by atoms with Crippen LogP contribution in [-0.2, 0) is 0 Å². The number of nitrogens with zero attached hydrogens (tertiary/aromatic N) is 2. The Balaban J connectivity index is 1.75. The smallest absolute Gasteiger partial charge is 0.308 e. The lowest BCUT2D eigenvalue weighted by Crippen LogP contribution is -2.19. The van der Waals surface area contributed by atoms with Gasteiger partial charge in [0.25, 0.3) is 5.69 Å². The van der Waals surface area contributed by atoms with E-state index in [0.29, 0.717) is 15.9 Å². The molecule has 0 aliphatic carbocycles. The standard InChI is InChI=1S/C14H9FN4O3S/c15-8-2-1-3-9(6-8)16-13(20)18-14-17-11-5-4-10(19(21)22)7-12(11)23-14/h1-7H,(H2,16,17,18,20). The van der Waals surface area contributed by atoms with E-state index in [2.05, 4.69) is 15.6 Å². The Bertz CT molecular complexity index is 912. The summed E-state index contributed by atoms with van der Waals surface area (Å²) < 4.78 is 13.6. The van der Waals surface area contributed by atoms with E-state index < -0.39 is 16.8 Å². The number of thiazole rings is 1. The number of halogens is 1. The van der Waals surface area contributed by atoms with Gasteiger partial charge in [0.15, 0.2) is 5.13 Å². The minimum atomic E-state index is -0.579. The molecule has 0 spiro atoms. The Morgan fingerprint density at radius 3 is 2.78 bits per heavy atom. The largest absolute Gasteiger partial charge is 0.325 e. The summed E-state index contributed by atoms with van der Waals surface area (Å²) in [4.78, 5) is 26.3.